The lowest BCUT2D eigenvalue weighted by atomic mass is 10.1. The largest absolute Gasteiger partial charge is 0.348 e. The van der Waals surface area contributed by atoms with Crippen molar-refractivity contribution < 1.29 is 9.59 Å². The minimum absolute atomic E-state index is 0.172. The van der Waals surface area contributed by atoms with Gasteiger partial charge in [-0.1, -0.05) is 42.0 Å². The number of nitrogens with one attached hydrogen (secondary N) is 2. The number of benzene rings is 2. The number of carbonyl (C=O) groups is 2. The van der Waals surface area contributed by atoms with Crippen molar-refractivity contribution in [2.24, 2.45) is 0 Å². The predicted octanol–water partition coefficient (Wildman–Crippen LogP) is 4.24. The molecule has 0 aliphatic rings. The van der Waals surface area contributed by atoms with Crippen molar-refractivity contribution >= 4 is 28.8 Å². The second-order valence-corrected chi connectivity index (χ2v) is 6.63. The van der Waals surface area contributed by atoms with E-state index in [1.165, 1.54) is 11.3 Å². The summed E-state index contributed by atoms with van der Waals surface area (Å²) in [6.07, 6.45) is 0. The third-order valence-electron chi connectivity index (χ3n) is 3.66. The summed E-state index contributed by atoms with van der Waals surface area (Å²) in [6, 6.07) is 18.5. The van der Waals surface area contributed by atoms with Crippen LogP contribution in [0.5, 0.6) is 0 Å². The Hall–Kier alpha value is -2.92. The summed E-state index contributed by atoms with van der Waals surface area (Å²) in [4.78, 5) is 25.1. The molecule has 126 valence electrons. The maximum atomic E-state index is 12.3. The number of hydrogen-bond acceptors (Lipinski definition) is 3. The molecule has 2 aromatic carbocycles. The molecule has 25 heavy (non-hydrogen) atoms. The number of carbonyl (C=O) groups excluding carboxylic acids is 2. The summed E-state index contributed by atoms with van der Waals surface area (Å²) in [5.74, 6) is -0.346. The summed E-state index contributed by atoms with van der Waals surface area (Å²) in [7, 11) is 0. The van der Waals surface area contributed by atoms with E-state index in [4.69, 9.17) is 0 Å². The molecule has 0 radical (unpaired) electrons. The van der Waals surface area contributed by atoms with Crippen molar-refractivity contribution in [1.82, 2.24) is 5.32 Å². The highest BCUT2D eigenvalue weighted by atomic mass is 32.1. The fourth-order valence-corrected chi connectivity index (χ4v) is 3.06. The lowest BCUT2D eigenvalue weighted by Crippen LogP contribution is -2.23. The van der Waals surface area contributed by atoms with Crippen LogP contribution < -0.4 is 10.6 Å². The summed E-state index contributed by atoms with van der Waals surface area (Å²) < 4.78 is 0. The molecule has 1 heterocycles. The third-order valence-corrected chi connectivity index (χ3v) is 4.53. The molecule has 0 spiro atoms. The zero-order chi connectivity index (χ0) is 17.6. The maximum absolute atomic E-state index is 12.3. The monoisotopic (exact) mass is 350 g/mol. The molecule has 2 amide bonds. The Morgan fingerprint density at radius 3 is 2.56 bits per heavy atom. The van der Waals surface area contributed by atoms with Gasteiger partial charge in [0.25, 0.3) is 11.8 Å². The summed E-state index contributed by atoms with van der Waals surface area (Å²) in [6.45, 7) is 2.48. The average Bonchev–Trinajstić information content (AvgIpc) is 3.15. The van der Waals surface area contributed by atoms with E-state index in [0.29, 0.717) is 22.7 Å². The first kappa shape index (κ1) is 16.9. The summed E-state index contributed by atoms with van der Waals surface area (Å²) in [5, 5.41) is 7.56. The molecule has 0 unspecified atom stereocenters. The second-order valence-electron chi connectivity index (χ2n) is 5.68. The van der Waals surface area contributed by atoms with Crippen LogP contribution >= 0.6 is 11.3 Å². The van der Waals surface area contributed by atoms with Crippen molar-refractivity contribution in [2.75, 3.05) is 5.32 Å². The molecule has 0 saturated carbocycles. The van der Waals surface area contributed by atoms with Gasteiger partial charge in [0.2, 0.25) is 0 Å². The minimum Gasteiger partial charge on any atom is -0.348 e. The first-order valence-corrected chi connectivity index (χ1v) is 8.78. The molecule has 3 rings (SSSR count). The van der Waals surface area contributed by atoms with Gasteiger partial charge in [0.05, 0.1) is 4.88 Å². The number of aryl methyl sites for hydroxylation is 1. The minimum atomic E-state index is -0.174. The van der Waals surface area contributed by atoms with Gasteiger partial charge in [-0.3, -0.25) is 9.59 Å². The van der Waals surface area contributed by atoms with E-state index < -0.39 is 0 Å². The fourth-order valence-electron chi connectivity index (χ4n) is 2.45. The Labute approximate surface area is 150 Å². The molecular formula is C20H18N2O2S. The topological polar surface area (TPSA) is 58.2 Å². The Balaban J connectivity index is 1.64. The Morgan fingerprint density at radius 1 is 0.960 bits per heavy atom. The van der Waals surface area contributed by atoms with E-state index in [0.717, 1.165) is 11.1 Å². The molecule has 2 N–H and O–H groups in total. The van der Waals surface area contributed by atoms with Crippen LogP contribution in [-0.4, -0.2) is 11.8 Å². The molecule has 0 bridgehead atoms. The van der Waals surface area contributed by atoms with Gasteiger partial charge in [0.15, 0.2) is 0 Å². The Kier molecular flexibility index (Phi) is 5.26. The third kappa shape index (κ3) is 4.55. The van der Waals surface area contributed by atoms with Crippen LogP contribution in [0, 0.1) is 6.92 Å². The van der Waals surface area contributed by atoms with E-state index in [1.54, 1.807) is 30.3 Å². The number of rotatable bonds is 5. The lowest BCUT2D eigenvalue weighted by Gasteiger charge is -2.08. The molecule has 4 nitrogen and oxygen atoms in total. The quantitative estimate of drug-likeness (QED) is 0.723. The van der Waals surface area contributed by atoms with Crippen LogP contribution in [0.25, 0.3) is 0 Å². The molecule has 0 saturated heterocycles. The smallest absolute Gasteiger partial charge is 0.265 e. The average molecular weight is 350 g/mol. The van der Waals surface area contributed by atoms with Crippen LogP contribution in [0.3, 0.4) is 0 Å². The highest BCUT2D eigenvalue weighted by molar-refractivity contribution is 7.12. The molecule has 3 aromatic rings. The first-order valence-electron chi connectivity index (χ1n) is 7.90. The van der Waals surface area contributed by atoms with Crippen molar-refractivity contribution in [3.8, 4) is 0 Å². The molecule has 0 aliphatic heterocycles. The summed E-state index contributed by atoms with van der Waals surface area (Å²) >= 11 is 1.38. The zero-order valence-corrected chi connectivity index (χ0v) is 14.6. The van der Waals surface area contributed by atoms with Crippen molar-refractivity contribution in [1.29, 1.82) is 0 Å². The molecule has 1 aromatic heterocycles. The zero-order valence-electron chi connectivity index (χ0n) is 13.8. The van der Waals surface area contributed by atoms with Gasteiger partial charge < -0.3 is 10.6 Å². The van der Waals surface area contributed by atoms with Crippen LogP contribution in [0.1, 0.15) is 31.2 Å². The lowest BCUT2D eigenvalue weighted by molar-refractivity contribution is 0.0949. The van der Waals surface area contributed by atoms with Crippen molar-refractivity contribution in [3.05, 3.63) is 87.6 Å². The number of anilines is 1. The van der Waals surface area contributed by atoms with Crippen LogP contribution in [0.4, 0.5) is 5.69 Å². The van der Waals surface area contributed by atoms with E-state index in [1.807, 2.05) is 42.6 Å². The van der Waals surface area contributed by atoms with Gasteiger partial charge in [0, 0.05) is 17.8 Å². The van der Waals surface area contributed by atoms with Crippen molar-refractivity contribution in [2.45, 2.75) is 13.5 Å². The van der Waals surface area contributed by atoms with Gasteiger partial charge in [0.1, 0.15) is 0 Å². The van der Waals surface area contributed by atoms with E-state index >= 15 is 0 Å². The molecule has 0 aliphatic carbocycles. The molecule has 0 atom stereocenters. The van der Waals surface area contributed by atoms with Crippen LogP contribution in [-0.2, 0) is 6.54 Å². The number of amides is 2. The molecule has 0 fully saturated rings. The predicted molar refractivity (Wildman–Crippen MR) is 101 cm³/mol. The van der Waals surface area contributed by atoms with Gasteiger partial charge in [-0.25, -0.2) is 0 Å². The number of thiophene rings is 1. The first-order chi connectivity index (χ1) is 12.1. The summed E-state index contributed by atoms with van der Waals surface area (Å²) in [5.41, 5.74) is 3.32. The highest BCUT2D eigenvalue weighted by Crippen LogP contribution is 2.15. The van der Waals surface area contributed by atoms with E-state index in [-0.39, 0.29) is 11.8 Å². The van der Waals surface area contributed by atoms with Gasteiger partial charge in [-0.2, -0.15) is 0 Å². The fraction of sp³-hybridized carbons (Fsp3) is 0.100. The second kappa shape index (κ2) is 7.77. The highest BCUT2D eigenvalue weighted by Gasteiger charge is 2.10. The molecule has 5 heteroatoms. The van der Waals surface area contributed by atoms with Gasteiger partial charge in [-0.05, 0) is 42.1 Å². The van der Waals surface area contributed by atoms with E-state index in [2.05, 4.69) is 10.6 Å². The standard InChI is InChI=1S/C20H18N2O2S/c1-14-5-2-6-15(11-14)13-21-19(23)16-7-3-8-17(12-16)22-20(24)18-9-4-10-25-18/h2-12H,13H2,1H3,(H,21,23)(H,22,24). The van der Waals surface area contributed by atoms with Gasteiger partial charge >= 0.3 is 0 Å². The SMILES string of the molecule is Cc1cccc(CNC(=O)c2cccc(NC(=O)c3cccs3)c2)c1. The Morgan fingerprint density at radius 2 is 1.80 bits per heavy atom. The normalized spacial score (nSPS) is 10.3. The van der Waals surface area contributed by atoms with Crippen LogP contribution in [0.15, 0.2) is 66.0 Å². The van der Waals surface area contributed by atoms with E-state index in [9.17, 15) is 9.59 Å². The number of hydrogen-bond donors (Lipinski definition) is 2. The molecular weight excluding hydrogens is 332 g/mol. The maximum Gasteiger partial charge on any atom is 0.265 e. The van der Waals surface area contributed by atoms with Crippen molar-refractivity contribution in [3.63, 3.8) is 0 Å². The van der Waals surface area contributed by atoms with Crippen LogP contribution in [0.2, 0.25) is 0 Å². The Bertz CT molecular complexity index is 888. The van der Waals surface area contributed by atoms with Gasteiger partial charge in [-0.15, -0.1) is 11.3 Å².